The summed E-state index contributed by atoms with van der Waals surface area (Å²) in [4.78, 5) is 4.37. The van der Waals surface area contributed by atoms with Crippen molar-refractivity contribution in [2.45, 2.75) is 45.6 Å². The Labute approximate surface area is 92.5 Å². The molecule has 0 aromatic heterocycles. The molecule has 0 aliphatic heterocycles. The molecule has 2 saturated carbocycles. The van der Waals surface area contributed by atoms with Crippen LogP contribution >= 0.6 is 0 Å². The minimum Gasteiger partial charge on any atom is -0.370 e. The molecule has 2 rings (SSSR count). The van der Waals surface area contributed by atoms with Crippen LogP contribution in [0.3, 0.4) is 0 Å². The monoisotopic (exact) mass is 209 g/mol. The molecule has 0 saturated heterocycles. The van der Waals surface area contributed by atoms with Crippen molar-refractivity contribution in [3.8, 4) is 0 Å². The number of nitrogens with zero attached hydrogens (tertiary/aromatic N) is 1. The summed E-state index contributed by atoms with van der Waals surface area (Å²) in [7, 11) is 0. The van der Waals surface area contributed by atoms with Crippen molar-refractivity contribution >= 4 is 5.96 Å². The second kappa shape index (κ2) is 4.42. The van der Waals surface area contributed by atoms with Crippen LogP contribution in [-0.4, -0.2) is 18.5 Å². The summed E-state index contributed by atoms with van der Waals surface area (Å²) in [6.07, 6.45) is 5.52. The van der Waals surface area contributed by atoms with Crippen LogP contribution in [0.2, 0.25) is 0 Å². The van der Waals surface area contributed by atoms with Gasteiger partial charge in [-0.05, 0) is 43.4 Å². The highest BCUT2D eigenvalue weighted by Crippen LogP contribution is 2.44. The van der Waals surface area contributed by atoms with Crippen molar-refractivity contribution in [2.24, 2.45) is 28.5 Å². The molecule has 0 unspecified atom stereocenters. The average molecular weight is 209 g/mol. The molecule has 0 spiro atoms. The van der Waals surface area contributed by atoms with Crippen LogP contribution in [0.4, 0.5) is 0 Å². The summed E-state index contributed by atoms with van der Waals surface area (Å²) in [5.41, 5.74) is 5.89. The lowest BCUT2D eigenvalue weighted by atomic mass is 10.1. The van der Waals surface area contributed by atoms with Crippen LogP contribution in [0, 0.1) is 17.8 Å². The summed E-state index contributed by atoms with van der Waals surface area (Å²) >= 11 is 0. The first-order valence-electron chi connectivity index (χ1n) is 6.23. The Morgan fingerprint density at radius 1 is 1.27 bits per heavy atom. The van der Waals surface area contributed by atoms with Crippen LogP contribution in [0.1, 0.15) is 39.5 Å². The number of guanidine groups is 1. The maximum Gasteiger partial charge on any atom is 0.188 e. The van der Waals surface area contributed by atoms with E-state index in [1.54, 1.807) is 0 Å². The Balaban J connectivity index is 1.79. The standard InChI is InChI=1S/C12H23N3/c1-8(2)7-14-12(13)15-11(9-3-4-9)10-5-6-10/h8-11H,3-7H2,1-2H3,(H3,13,14,15). The number of nitrogens with one attached hydrogen (secondary N) is 1. The zero-order valence-electron chi connectivity index (χ0n) is 9.87. The van der Waals surface area contributed by atoms with Gasteiger partial charge in [0.05, 0.1) is 0 Å². The maximum absolute atomic E-state index is 5.89. The van der Waals surface area contributed by atoms with Gasteiger partial charge in [-0.15, -0.1) is 0 Å². The Morgan fingerprint density at radius 2 is 1.80 bits per heavy atom. The van der Waals surface area contributed by atoms with Gasteiger partial charge in [0.1, 0.15) is 0 Å². The Hall–Kier alpha value is -0.730. The SMILES string of the molecule is CC(C)CN=C(N)NC(C1CC1)C1CC1. The first kappa shape index (κ1) is 10.8. The third-order valence-electron chi connectivity index (χ3n) is 3.20. The largest absolute Gasteiger partial charge is 0.370 e. The quantitative estimate of drug-likeness (QED) is 0.535. The summed E-state index contributed by atoms with van der Waals surface area (Å²) in [6.45, 7) is 5.16. The van der Waals surface area contributed by atoms with Gasteiger partial charge in [-0.1, -0.05) is 13.8 Å². The number of hydrogen-bond acceptors (Lipinski definition) is 1. The highest BCUT2D eigenvalue weighted by molar-refractivity contribution is 5.78. The number of nitrogens with two attached hydrogens (primary N) is 1. The van der Waals surface area contributed by atoms with E-state index in [0.717, 1.165) is 18.4 Å². The molecule has 15 heavy (non-hydrogen) atoms. The molecule has 0 heterocycles. The molecular formula is C12H23N3. The molecule has 3 N–H and O–H groups in total. The van der Waals surface area contributed by atoms with Crippen molar-refractivity contribution in [1.82, 2.24) is 5.32 Å². The van der Waals surface area contributed by atoms with Crippen LogP contribution < -0.4 is 11.1 Å². The predicted molar refractivity (Wildman–Crippen MR) is 63.7 cm³/mol. The van der Waals surface area contributed by atoms with Gasteiger partial charge in [0.15, 0.2) is 5.96 Å². The normalized spacial score (nSPS) is 22.5. The van der Waals surface area contributed by atoms with Crippen LogP contribution in [0.5, 0.6) is 0 Å². The van der Waals surface area contributed by atoms with Crippen molar-refractivity contribution in [3.05, 3.63) is 0 Å². The van der Waals surface area contributed by atoms with E-state index >= 15 is 0 Å². The van der Waals surface area contributed by atoms with E-state index in [-0.39, 0.29) is 0 Å². The fraction of sp³-hybridized carbons (Fsp3) is 0.917. The number of hydrogen-bond donors (Lipinski definition) is 2. The molecule has 0 amide bonds. The molecule has 0 atom stereocenters. The van der Waals surface area contributed by atoms with Gasteiger partial charge < -0.3 is 11.1 Å². The maximum atomic E-state index is 5.89. The highest BCUT2D eigenvalue weighted by Gasteiger charge is 2.41. The lowest BCUT2D eigenvalue weighted by Crippen LogP contribution is -2.42. The van der Waals surface area contributed by atoms with Gasteiger partial charge in [0.25, 0.3) is 0 Å². The predicted octanol–water partition coefficient (Wildman–Crippen LogP) is 1.74. The molecule has 0 radical (unpaired) electrons. The van der Waals surface area contributed by atoms with Gasteiger partial charge in [-0.3, -0.25) is 4.99 Å². The molecule has 2 aliphatic carbocycles. The highest BCUT2D eigenvalue weighted by atomic mass is 15.1. The minimum absolute atomic E-state index is 0.589. The lowest BCUT2D eigenvalue weighted by molar-refractivity contribution is 0.479. The minimum atomic E-state index is 0.589. The van der Waals surface area contributed by atoms with E-state index in [1.165, 1.54) is 25.7 Å². The smallest absolute Gasteiger partial charge is 0.188 e. The molecule has 86 valence electrons. The third kappa shape index (κ3) is 3.40. The zero-order chi connectivity index (χ0) is 10.8. The molecular weight excluding hydrogens is 186 g/mol. The fourth-order valence-electron chi connectivity index (χ4n) is 2.03. The molecule has 0 aromatic rings. The summed E-state index contributed by atoms with van der Waals surface area (Å²) in [6, 6.07) is 0.626. The van der Waals surface area contributed by atoms with Crippen molar-refractivity contribution in [2.75, 3.05) is 6.54 Å². The molecule has 0 bridgehead atoms. The molecule has 3 heteroatoms. The molecule has 3 nitrogen and oxygen atoms in total. The van der Waals surface area contributed by atoms with E-state index in [9.17, 15) is 0 Å². The number of aliphatic imine (C=N–C) groups is 1. The zero-order valence-corrected chi connectivity index (χ0v) is 9.87. The second-order valence-electron chi connectivity index (χ2n) is 5.46. The van der Waals surface area contributed by atoms with Crippen LogP contribution in [0.25, 0.3) is 0 Å². The first-order chi connectivity index (χ1) is 7.16. The van der Waals surface area contributed by atoms with Crippen LogP contribution in [0.15, 0.2) is 4.99 Å². The molecule has 0 aromatic carbocycles. The Morgan fingerprint density at radius 3 is 2.20 bits per heavy atom. The number of rotatable bonds is 5. The summed E-state index contributed by atoms with van der Waals surface area (Å²) < 4.78 is 0. The Kier molecular flexibility index (Phi) is 3.17. The van der Waals surface area contributed by atoms with Gasteiger partial charge in [-0.2, -0.15) is 0 Å². The van der Waals surface area contributed by atoms with Crippen LogP contribution in [-0.2, 0) is 0 Å². The van der Waals surface area contributed by atoms with E-state index < -0.39 is 0 Å². The van der Waals surface area contributed by atoms with E-state index in [1.807, 2.05) is 0 Å². The van der Waals surface area contributed by atoms with Crippen molar-refractivity contribution < 1.29 is 0 Å². The molecule has 2 fully saturated rings. The summed E-state index contributed by atoms with van der Waals surface area (Å²) in [5.74, 6) is 3.01. The topological polar surface area (TPSA) is 50.4 Å². The third-order valence-corrected chi connectivity index (χ3v) is 3.20. The van der Waals surface area contributed by atoms with Crippen molar-refractivity contribution in [3.63, 3.8) is 0 Å². The van der Waals surface area contributed by atoms with E-state index in [4.69, 9.17) is 5.73 Å². The van der Waals surface area contributed by atoms with Gasteiger partial charge in [0.2, 0.25) is 0 Å². The van der Waals surface area contributed by atoms with Crippen molar-refractivity contribution in [1.29, 1.82) is 0 Å². The van der Waals surface area contributed by atoms with E-state index in [0.29, 0.717) is 17.9 Å². The molecule has 2 aliphatic rings. The van der Waals surface area contributed by atoms with Gasteiger partial charge in [-0.25, -0.2) is 0 Å². The van der Waals surface area contributed by atoms with Gasteiger partial charge >= 0.3 is 0 Å². The lowest BCUT2D eigenvalue weighted by Gasteiger charge is -2.18. The van der Waals surface area contributed by atoms with E-state index in [2.05, 4.69) is 24.2 Å². The second-order valence-corrected chi connectivity index (χ2v) is 5.46. The average Bonchev–Trinajstić information content (AvgIpc) is 3.02. The first-order valence-corrected chi connectivity index (χ1v) is 6.23. The van der Waals surface area contributed by atoms with Gasteiger partial charge in [0, 0.05) is 12.6 Å². The Bertz CT molecular complexity index is 227. The summed E-state index contributed by atoms with van der Waals surface area (Å²) in [5, 5.41) is 3.42. The fourth-order valence-corrected chi connectivity index (χ4v) is 2.03.